The van der Waals surface area contributed by atoms with Gasteiger partial charge >= 0.3 is 6.09 Å². The molecule has 1 atom stereocenters. The maximum atomic E-state index is 14.2. The van der Waals surface area contributed by atoms with Crippen LogP contribution in [0.15, 0.2) is 18.2 Å². The highest BCUT2D eigenvalue weighted by atomic mass is 19.1. The Morgan fingerprint density at radius 1 is 1.32 bits per heavy atom. The fraction of sp³-hybridized carbons (Fsp3) is 0.556. The first-order chi connectivity index (χ1) is 11.7. The van der Waals surface area contributed by atoms with Gasteiger partial charge in [0.25, 0.3) is 5.91 Å². The maximum absolute atomic E-state index is 14.2. The van der Waals surface area contributed by atoms with Crippen LogP contribution in [0.5, 0.6) is 5.75 Å². The summed E-state index contributed by atoms with van der Waals surface area (Å²) < 4.78 is 24.5. The van der Waals surface area contributed by atoms with Gasteiger partial charge in [0.1, 0.15) is 5.60 Å². The zero-order chi connectivity index (χ0) is 18.6. The molecule has 138 valence electrons. The Bertz CT molecular complexity index is 642. The number of piperidine rings is 1. The van der Waals surface area contributed by atoms with Gasteiger partial charge in [-0.2, -0.15) is 0 Å². The highest BCUT2D eigenvalue weighted by Crippen LogP contribution is 2.21. The van der Waals surface area contributed by atoms with Crippen molar-refractivity contribution in [3.05, 3.63) is 29.6 Å². The van der Waals surface area contributed by atoms with Crippen molar-refractivity contribution >= 4 is 12.0 Å². The zero-order valence-corrected chi connectivity index (χ0v) is 15.1. The lowest BCUT2D eigenvalue weighted by Gasteiger charge is -2.34. The molecular formula is C18H25FN2O4. The summed E-state index contributed by atoms with van der Waals surface area (Å²) in [5, 5.41) is 2.79. The number of hydrogen-bond acceptors (Lipinski definition) is 4. The molecule has 25 heavy (non-hydrogen) atoms. The van der Waals surface area contributed by atoms with Gasteiger partial charge in [0.15, 0.2) is 11.6 Å². The summed E-state index contributed by atoms with van der Waals surface area (Å²) in [4.78, 5) is 26.1. The lowest BCUT2D eigenvalue weighted by atomic mass is 10.1. The van der Waals surface area contributed by atoms with Crippen LogP contribution in [0.3, 0.4) is 0 Å². The molecule has 1 aromatic carbocycles. The fourth-order valence-corrected chi connectivity index (χ4v) is 2.69. The van der Waals surface area contributed by atoms with E-state index >= 15 is 0 Å². The number of nitrogens with one attached hydrogen (secondary N) is 1. The van der Waals surface area contributed by atoms with Crippen LogP contribution in [-0.4, -0.2) is 48.7 Å². The van der Waals surface area contributed by atoms with E-state index in [1.165, 1.54) is 19.2 Å². The lowest BCUT2D eigenvalue weighted by molar-refractivity contribution is 0.0185. The van der Waals surface area contributed by atoms with Gasteiger partial charge in [-0.1, -0.05) is 6.07 Å². The molecular weight excluding hydrogens is 327 g/mol. The van der Waals surface area contributed by atoms with Crippen molar-refractivity contribution in [3.63, 3.8) is 0 Å². The van der Waals surface area contributed by atoms with E-state index in [0.717, 1.165) is 12.8 Å². The first-order valence-corrected chi connectivity index (χ1v) is 8.32. The molecule has 7 heteroatoms. The van der Waals surface area contributed by atoms with Gasteiger partial charge in [0.05, 0.1) is 12.7 Å². The second-order valence-corrected chi connectivity index (χ2v) is 7.06. The number of amides is 2. The second kappa shape index (κ2) is 7.72. The number of nitrogens with zero attached hydrogens (tertiary/aromatic N) is 1. The molecule has 0 spiro atoms. The van der Waals surface area contributed by atoms with Crippen molar-refractivity contribution < 1.29 is 23.5 Å². The first-order valence-electron chi connectivity index (χ1n) is 8.32. The number of halogens is 1. The summed E-state index contributed by atoms with van der Waals surface area (Å²) in [6, 6.07) is 4.17. The van der Waals surface area contributed by atoms with Crippen molar-refractivity contribution in [1.82, 2.24) is 10.2 Å². The third-order valence-corrected chi connectivity index (χ3v) is 3.84. The number of benzene rings is 1. The predicted octanol–water partition coefficient (Wildman–Crippen LogP) is 2.96. The van der Waals surface area contributed by atoms with Crippen LogP contribution in [0, 0.1) is 5.82 Å². The Labute approximate surface area is 147 Å². The lowest BCUT2D eigenvalue weighted by Crippen LogP contribution is -2.50. The fourth-order valence-electron chi connectivity index (χ4n) is 2.69. The molecule has 1 aliphatic rings. The van der Waals surface area contributed by atoms with Gasteiger partial charge in [0.2, 0.25) is 0 Å². The van der Waals surface area contributed by atoms with Crippen LogP contribution < -0.4 is 10.1 Å². The molecule has 1 aliphatic heterocycles. The topological polar surface area (TPSA) is 67.9 Å². The van der Waals surface area contributed by atoms with Crippen molar-refractivity contribution in [2.45, 2.75) is 45.3 Å². The molecule has 0 unspecified atom stereocenters. The van der Waals surface area contributed by atoms with E-state index in [2.05, 4.69) is 5.32 Å². The Balaban J connectivity index is 2.00. The third kappa shape index (κ3) is 5.08. The molecule has 0 radical (unpaired) electrons. The number of carbonyl (C=O) groups excluding carboxylic acids is 2. The standard InChI is InChI=1S/C18H25FN2O4/c1-18(2,3)25-17(23)21-10-6-7-12(11-21)20-16(22)13-8-5-9-14(24-4)15(13)19/h5,8-9,12H,6-7,10-11H2,1-4H3,(H,20,22)/t12-/m0/s1. The van der Waals surface area contributed by atoms with Crippen molar-refractivity contribution in [1.29, 1.82) is 0 Å². The average molecular weight is 352 g/mol. The van der Waals surface area contributed by atoms with E-state index in [1.807, 2.05) is 0 Å². The second-order valence-electron chi connectivity index (χ2n) is 7.06. The summed E-state index contributed by atoms with van der Waals surface area (Å²) in [6.45, 7) is 6.33. The Kier molecular flexibility index (Phi) is 5.87. The minimum atomic E-state index is -0.692. The van der Waals surface area contributed by atoms with E-state index in [0.29, 0.717) is 13.1 Å². The van der Waals surface area contributed by atoms with Crippen molar-refractivity contribution in [2.75, 3.05) is 20.2 Å². The van der Waals surface area contributed by atoms with Gasteiger partial charge < -0.3 is 19.7 Å². The van der Waals surface area contributed by atoms with Crippen LogP contribution in [0.4, 0.5) is 9.18 Å². The monoisotopic (exact) mass is 352 g/mol. The van der Waals surface area contributed by atoms with Crippen LogP contribution in [0.25, 0.3) is 0 Å². The van der Waals surface area contributed by atoms with Crippen LogP contribution in [0.1, 0.15) is 44.0 Å². The number of likely N-dealkylation sites (tertiary alicyclic amines) is 1. The van der Waals surface area contributed by atoms with Crippen LogP contribution in [-0.2, 0) is 4.74 Å². The van der Waals surface area contributed by atoms with Crippen molar-refractivity contribution in [2.24, 2.45) is 0 Å². The zero-order valence-electron chi connectivity index (χ0n) is 15.1. The van der Waals surface area contributed by atoms with E-state index < -0.39 is 23.4 Å². The molecule has 1 heterocycles. The smallest absolute Gasteiger partial charge is 0.410 e. The average Bonchev–Trinajstić information content (AvgIpc) is 2.53. The maximum Gasteiger partial charge on any atom is 0.410 e. The molecule has 1 N–H and O–H groups in total. The number of ether oxygens (including phenoxy) is 2. The Morgan fingerprint density at radius 3 is 2.68 bits per heavy atom. The summed E-state index contributed by atoms with van der Waals surface area (Å²) in [7, 11) is 1.35. The van der Waals surface area contributed by atoms with E-state index in [4.69, 9.17) is 9.47 Å². The molecule has 0 aliphatic carbocycles. The molecule has 1 aromatic rings. The Hall–Kier alpha value is -2.31. The predicted molar refractivity (Wildman–Crippen MR) is 91.2 cm³/mol. The normalized spacial score (nSPS) is 17.8. The summed E-state index contributed by atoms with van der Waals surface area (Å²) in [5.41, 5.74) is -0.648. The minimum absolute atomic E-state index is 0.0201. The van der Waals surface area contributed by atoms with Gasteiger partial charge in [-0.05, 0) is 45.7 Å². The molecule has 2 amide bonds. The molecule has 1 fully saturated rings. The van der Waals surface area contributed by atoms with Crippen LogP contribution >= 0.6 is 0 Å². The van der Waals surface area contributed by atoms with Crippen molar-refractivity contribution in [3.8, 4) is 5.75 Å². The molecule has 6 nitrogen and oxygen atoms in total. The largest absolute Gasteiger partial charge is 0.494 e. The first kappa shape index (κ1) is 19.0. The van der Waals surface area contributed by atoms with Gasteiger partial charge in [-0.25, -0.2) is 9.18 Å². The van der Waals surface area contributed by atoms with Gasteiger partial charge in [-0.15, -0.1) is 0 Å². The quantitative estimate of drug-likeness (QED) is 0.908. The highest BCUT2D eigenvalue weighted by Gasteiger charge is 2.29. The summed E-state index contributed by atoms with van der Waals surface area (Å²) >= 11 is 0. The number of rotatable bonds is 3. The molecule has 0 saturated carbocycles. The van der Waals surface area contributed by atoms with Gasteiger partial charge in [0, 0.05) is 19.1 Å². The van der Waals surface area contributed by atoms with E-state index in [-0.39, 0.29) is 17.4 Å². The summed E-state index contributed by atoms with van der Waals surface area (Å²) in [6.07, 6.45) is 1.06. The SMILES string of the molecule is COc1cccc(C(=O)N[C@H]2CCCN(C(=O)OC(C)(C)C)C2)c1F. The Morgan fingerprint density at radius 2 is 2.04 bits per heavy atom. The minimum Gasteiger partial charge on any atom is -0.494 e. The molecule has 1 saturated heterocycles. The molecule has 0 aromatic heterocycles. The number of hydrogen-bond donors (Lipinski definition) is 1. The van der Waals surface area contributed by atoms with Gasteiger partial charge in [-0.3, -0.25) is 4.79 Å². The number of carbonyl (C=O) groups is 2. The third-order valence-electron chi connectivity index (χ3n) is 3.84. The number of methoxy groups -OCH3 is 1. The van der Waals surface area contributed by atoms with E-state index in [1.54, 1.807) is 31.7 Å². The highest BCUT2D eigenvalue weighted by molar-refractivity contribution is 5.95. The van der Waals surface area contributed by atoms with Crippen LogP contribution in [0.2, 0.25) is 0 Å². The summed E-state index contributed by atoms with van der Waals surface area (Å²) in [5.74, 6) is -1.19. The molecule has 2 rings (SSSR count). The molecule has 0 bridgehead atoms. The van der Waals surface area contributed by atoms with E-state index in [9.17, 15) is 14.0 Å².